The van der Waals surface area contributed by atoms with Crippen LogP contribution < -0.4 is 10.1 Å². The molecule has 22 heavy (non-hydrogen) atoms. The highest BCUT2D eigenvalue weighted by molar-refractivity contribution is 6.04. The van der Waals surface area contributed by atoms with Gasteiger partial charge in [0.15, 0.2) is 0 Å². The Balaban J connectivity index is 1.67. The average Bonchev–Trinajstić information content (AvgIpc) is 2.57. The molecule has 0 aliphatic carbocycles. The minimum absolute atomic E-state index is 0.221. The van der Waals surface area contributed by atoms with Gasteiger partial charge in [0, 0.05) is 5.56 Å². The number of amides is 1. The van der Waals surface area contributed by atoms with Crippen LogP contribution in [0.25, 0.3) is 0 Å². The molecule has 1 N–H and O–H groups in total. The zero-order valence-corrected chi connectivity index (χ0v) is 11.6. The van der Waals surface area contributed by atoms with E-state index in [0.29, 0.717) is 17.0 Å². The molecule has 108 valence electrons. The predicted octanol–water partition coefficient (Wildman–Crippen LogP) is 3.52. The molecule has 0 fully saturated rings. The van der Waals surface area contributed by atoms with Gasteiger partial charge < -0.3 is 10.1 Å². The molecule has 0 saturated heterocycles. The minimum atomic E-state index is -0.221. The molecule has 5 heteroatoms. The van der Waals surface area contributed by atoms with Gasteiger partial charge in [0.1, 0.15) is 17.8 Å². The quantitative estimate of drug-likeness (QED) is 0.798. The lowest BCUT2D eigenvalue weighted by Crippen LogP contribution is -2.11. The summed E-state index contributed by atoms with van der Waals surface area (Å²) < 4.78 is 5.68. The van der Waals surface area contributed by atoms with Crippen LogP contribution in [-0.2, 0) is 0 Å². The number of carbonyl (C=O) groups excluding carboxylic acids is 1. The molecule has 0 bridgehead atoms. The molecular weight excluding hydrogens is 278 g/mol. The maximum Gasteiger partial charge on any atom is 0.255 e. The van der Waals surface area contributed by atoms with E-state index in [9.17, 15) is 4.79 Å². The van der Waals surface area contributed by atoms with Gasteiger partial charge in [0.05, 0.1) is 18.1 Å². The fourth-order valence-electron chi connectivity index (χ4n) is 1.87. The first kappa shape index (κ1) is 13.8. The Kier molecular flexibility index (Phi) is 4.06. The number of para-hydroxylation sites is 1. The van der Waals surface area contributed by atoms with Crippen molar-refractivity contribution in [3.05, 3.63) is 78.9 Å². The number of aromatic nitrogens is 2. The van der Waals surface area contributed by atoms with Crippen molar-refractivity contribution in [1.82, 2.24) is 9.97 Å². The Bertz CT molecular complexity index is 744. The smallest absolute Gasteiger partial charge is 0.255 e. The van der Waals surface area contributed by atoms with Gasteiger partial charge in [-0.15, -0.1) is 0 Å². The molecule has 0 spiro atoms. The molecule has 0 aliphatic heterocycles. The van der Waals surface area contributed by atoms with Crippen molar-refractivity contribution >= 4 is 11.6 Å². The van der Waals surface area contributed by atoms with Crippen LogP contribution in [0, 0.1) is 0 Å². The highest BCUT2D eigenvalue weighted by Gasteiger charge is 2.06. The number of rotatable bonds is 4. The summed E-state index contributed by atoms with van der Waals surface area (Å²) in [7, 11) is 0. The monoisotopic (exact) mass is 291 g/mol. The number of ether oxygens (including phenoxy) is 1. The van der Waals surface area contributed by atoms with Crippen LogP contribution in [0.4, 0.5) is 5.69 Å². The van der Waals surface area contributed by atoms with E-state index in [1.54, 1.807) is 24.3 Å². The molecule has 0 atom stereocenters. The van der Waals surface area contributed by atoms with Crippen molar-refractivity contribution in [2.75, 3.05) is 5.32 Å². The second-order valence-electron chi connectivity index (χ2n) is 4.52. The molecule has 0 unspecified atom stereocenters. The number of anilines is 1. The Morgan fingerprint density at radius 1 is 0.864 bits per heavy atom. The number of nitrogens with zero attached hydrogens (tertiary/aromatic N) is 2. The van der Waals surface area contributed by atoms with E-state index in [0.717, 1.165) is 5.75 Å². The van der Waals surface area contributed by atoms with Crippen LogP contribution >= 0.6 is 0 Å². The molecule has 1 heterocycles. The molecule has 3 rings (SSSR count). The zero-order valence-electron chi connectivity index (χ0n) is 11.6. The Hall–Kier alpha value is -3.21. The standard InChI is InChI=1S/C17H13N3O2/c21-17(20-14-10-18-12-19-11-14)13-6-8-16(9-7-13)22-15-4-2-1-3-5-15/h1-12H,(H,20,21). The number of benzene rings is 2. The van der Waals surface area contributed by atoms with Crippen LogP contribution in [0.5, 0.6) is 11.5 Å². The molecule has 0 aliphatic rings. The van der Waals surface area contributed by atoms with E-state index in [-0.39, 0.29) is 5.91 Å². The topological polar surface area (TPSA) is 64.1 Å². The highest BCUT2D eigenvalue weighted by atomic mass is 16.5. The highest BCUT2D eigenvalue weighted by Crippen LogP contribution is 2.21. The van der Waals surface area contributed by atoms with E-state index in [4.69, 9.17) is 4.74 Å². The van der Waals surface area contributed by atoms with Crippen molar-refractivity contribution in [2.24, 2.45) is 0 Å². The van der Waals surface area contributed by atoms with Gasteiger partial charge in [-0.3, -0.25) is 4.79 Å². The third-order valence-electron chi connectivity index (χ3n) is 2.91. The van der Waals surface area contributed by atoms with Crippen LogP contribution in [0.2, 0.25) is 0 Å². The van der Waals surface area contributed by atoms with Crippen LogP contribution in [0.3, 0.4) is 0 Å². The summed E-state index contributed by atoms with van der Waals surface area (Å²) in [5, 5.41) is 2.72. The first-order valence-corrected chi connectivity index (χ1v) is 6.70. The predicted molar refractivity (Wildman–Crippen MR) is 82.9 cm³/mol. The number of carbonyl (C=O) groups is 1. The summed E-state index contributed by atoms with van der Waals surface area (Å²) in [6.45, 7) is 0. The second kappa shape index (κ2) is 6.49. The van der Waals surface area contributed by atoms with E-state index < -0.39 is 0 Å². The van der Waals surface area contributed by atoms with Gasteiger partial charge in [0.25, 0.3) is 5.91 Å². The van der Waals surface area contributed by atoms with Crippen molar-refractivity contribution in [2.45, 2.75) is 0 Å². The minimum Gasteiger partial charge on any atom is -0.457 e. The Morgan fingerprint density at radius 2 is 1.50 bits per heavy atom. The van der Waals surface area contributed by atoms with E-state index in [2.05, 4.69) is 15.3 Å². The van der Waals surface area contributed by atoms with E-state index >= 15 is 0 Å². The largest absolute Gasteiger partial charge is 0.457 e. The van der Waals surface area contributed by atoms with Gasteiger partial charge in [0.2, 0.25) is 0 Å². The number of hydrogen-bond donors (Lipinski definition) is 1. The molecule has 2 aromatic carbocycles. The van der Waals surface area contributed by atoms with Crippen molar-refractivity contribution in [1.29, 1.82) is 0 Å². The van der Waals surface area contributed by atoms with Gasteiger partial charge in [-0.05, 0) is 36.4 Å². The van der Waals surface area contributed by atoms with Crippen molar-refractivity contribution < 1.29 is 9.53 Å². The second-order valence-corrected chi connectivity index (χ2v) is 4.52. The first-order valence-electron chi connectivity index (χ1n) is 6.70. The lowest BCUT2D eigenvalue weighted by atomic mass is 10.2. The van der Waals surface area contributed by atoms with Crippen LogP contribution in [0.1, 0.15) is 10.4 Å². The molecule has 1 aromatic heterocycles. The van der Waals surface area contributed by atoms with Crippen molar-refractivity contribution in [3.8, 4) is 11.5 Å². The summed E-state index contributed by atoms with van der Waals surface area (Å²) >= 11 is 0. The van der Waals surface area contributed by atoms with Crippen LogP contribution in [-0.4, -0.2) is 15.9 Å². The molecule has 1 amide bonds. The molecular formula is C17H13N3O2. The summed E-state index contributed by atoms with van der Waals surface area (Å²) in [6.07, 6.45) is 4.49. The normalized spacial score (nSPS) is 10.0. The molecule has 5 nitrogen and oxygen atoms in total. The summed E-state index contributed by atoms with van der Waals surface area (Å²) in [5.74, 6) is 1.20. The van der Waals surface area contributed by atoms with E-state index in [1.165, 1.54) is 18.7 Å². The Labute approximate surface area is 127 Å². The summed E-state index contributed by atoms with van der Waals surface area (Å²) in [6, 6.07) is 16.4. The van der Waals surface area contributed by atoms with Crippen LogP contribution in [0.15, 0.2) is 73.3 Å². The number of nitrogens with one attached hydrogen (secondary N) is 1. The Morgan fingerprint density at radius 3 is 2.18 bits per heavy atom. The van der Waals surface area contributed by atoms with Gasteiger partial charge in [-0.2, -0.15) is 0 Å². The lowest BCUT2D eigenvalue weighted by molar-refractivity contribution is 0.102. The third kappa shape index (κ3) is 3.46. The van der Waals surface area contributed by atoms with Crippen molar-refractivity contribution in [3.63, 3.8) is 0 Å². The first-order chi connectivity index (χ1) is 10.8. The molecule has 0 radical (unpaired) electrons. The lowest BCUT2D eigenvalue weighted by Gasteiger charge is -2.07. The number of hydrogen-bond acceptors (Lipinski definition) is 4. The summed E-state index contributed by atoms with van der Waals surface area (Å²) in [4.78, 5) is 19.8. The summed E-state index contributed by atoms with van der Waals surface area (Å²) in [5.41, 5.74) is 1.08. The maximum atomic E-state index is 12.1. The van der Waals surface area contributed by atoms with Gasteiger partial charge in [-0.25, -0.2) is 9.97 Å². The van der Waals surface area contributed by atoms with Gasteiger partial charge in [-0.1, -0.05) is 18.2 Å². The zero-order chi connectivity index (χ0) is 15.2. The maximum absolute atomic E-state index is 12.1. The molecule has 0 saturated carbocycles. The fourth-order valence-corrected chi connectivity index (χ4v) is 1.87. The third-order valence-corrected chi connectivity index (χ3v) is 2.91. The van der Waals surface area contributed by atoms with E-state index in [1.807, 2.05) is 30.3 Å². The average molecular weight is 291 g/mol. The molecule has 3 aromatic rings. The SMILES string of the molecule is O=C(Nc1cncnc1)c1ccc(Oc2ccccc2)cc1. The fraction of sp³-hybridized carbons (Fsp3) is 0. The van der Waals surface area contributed by atoms with Gasteiger partial charge >= 0.3 is 0 Å².